The maximum atomic E-state index is 14.0. The van der Waals surface area contributed by atoms with Gasteiger partial charge in [0.25, 0.3) is 0 Å². The molecule has 198 valence electrons. The third-order valence-corrected chi connectivity index (χ3v) is 7.48. The maximum Gasteiger partial charge on any atom is 0.416 e. The second kappa shape index (κ2) is 10.6. The van der Waals surface area contributed by atoms with Crippen LogP contribution in [0, 0.1) is 0 Å². The highest BCUT2D eigenvalue weighted by atomic mass is 19.4. The zero-order chi connectivity index (χ0) is 26.8. The van der Waals surface area contributed by atoms with Crippen LogP contribution < -0.4 is 5.32 Å². The molecule has 0 spiro atoms. The number of hydrogen-bond donors (Lipinski definition) is 1. The number of piperidine rings is 1. The van der Waals surface area contributed by atoms with E-state index in [1.807, 2.05) is 65.6 Å². The molecule has 2 fully saturated rings. The van der Waals surface area contributed by atoms with Crippen LogP contribution in [0.3, 0.4) is 0 Å². The molecule has 0 atom stereocenters. The molecule has 1 N–H and O–H groups in total. The second-order valence-corrected chi connectivity index (χ2v) is 10.1. The molecule has 0 bridgehead atoms. The van der Waals surface area contributed by atoms with E-state index < -0.39 is 17.2 Å². The normalized spacial score (nSPS) is 18.2. The van der Waals surface area contributed by atoms with E-state index in [1.165, 1.54) is 12.1 Å². The number of carbonyl (C=O) groups excluding carboxylic acids is 2. The van der Waals surface area contributed by atoms with Crippen LogP contribution in [0.1, 0.15) is 35.1 Å². The van der Waals surface area contributed by atoms with E-state index in [1.54, 1.807) is 11.0 Å². The number of amides is 2. The average Bonchev–Trinajstić information content (AvgIpc) is 2.89. The molecule has 0 saturated carbocycles. The zero-order valence-electron chi connectivity index (χ0n) is 21.0. The Morgan fingerprint density at radius 1 is 0.921 bits per heavy atom. The van der Waals surface area contributed by atoms with Crippen LogP contribution in [0.5, 0.6) is 0 Å². The summed E-state index contributed by atoms with van der Waals surface area (Å²) in [5.41, 5.74) is 0.936. The fourth-order valence-electron chi connectivity index (χ4n) is 5.65. The average molecular weight is 522 g/mol. The van der Waals surface area contributed by atoms with Gasteiger partial charge in [-0.25, -0.2) is 0 Å². The van der Waals surface area contributed by atoms with Crippen molar-refractivity contribution in [3.05, 3.63) is 107 Å². The fraction of sp³-hybridized carbons (Fsp3) is 0.333. The highest BCUT2D eigenvalue weighted by Crippen LogP contribution is 2.41. The minimum Gasteiger partial charge on any atom is -0.349 e. The van der Waals surface area contributed by atoms with Crippen molar-refractivity contribution in [2.45, 2.75) is 37.0 Å². The summed E-state index contributed by atoms with van der Waals surface area (Å²) in [7, 11) is 0. The third kappa shape index (κ3) is 5.31. The van der Waals surface area contributed by atoms with Gasteiger partial charge in [0.15, 0.2) is 0 Å². The van der Waals surface area contributed by atoms with Gasteiger partial charge in [0, 0.05) is 26.2 Å². The van der Waals surface area contributed by atoms with Crippen LogP contribution >= 0.6 is 0 Å². The molecule has 5 nitrogen and oxygen atoms in total. The van der Waals surface area contributed by atoms with Crippen molar-refractivity contribution >= 4 is 11.8 Å². The van der Waals surface area contributed by atoms with Crippen LogP contribution in [-0.4, -0.2) is 53.8 Å². The molecular weight excluding hydrogens is 491 g/mol. The molecule has 2 aliphatic rings. The first kappa shape index (κ1) is 26.0. The van der Waals surface area contributed by atoms with Crippen molar-refractivity contribution in [2.24, 2.45) is 0 Å². The molecule has 3 aromatic rings. The maximum absolute atomic E-state index is 14.0. The number of nitrogens with zero attached hydrogens (tertiary/aromatic N) is 2. The van der Waals surface area contributed by atoms with Crippen LogP contribution in [0.15, 0.2) is 84.9 Å². The first-order chi connectivity index (χ1) is 18.3. The van der Waals surface area contributed by atoms with Crippen LogP contribution in [0.25, 0.3) is 0 Å². The molecule has 2 heterocycles. The Kier molecular flexibility index (Phi) is 7.25. The first-order valence-corrected chi connectivity index (χ1v) is 12.8. The number of halogens is 3. The quantitative estimate of drug-likeness (QED) is 0.494. The Balaban J connectivity index is 1.20. The lowest BCUT2D eigenvalue weighted by Gasteiger charge is -2.43. The molecule has 5 rings (SSSR count). The monoisotopic (exact) mass is 521 g/mol. The molecule has 2 aliphatic heterocycles. The number of hydrogen-bond acceptors (Lipinski definition) is 3. The number of rotatable bonds is 7. The van der Waals surface area contributed by atoms with Gasteiger partial charge in [-0.05, 0) is 35.6 Å². The second-order valence-electron chi connectivity index (χ2n) is 10.1. The van der Waals surface area contributed by atoms with Gasteiger partial charge < -0.3 is 10.2 Å². The lowest BCUT2D eigenvalue weighted by Crippen LogP contribution is -2.61. The Morgan fingerprint density at radius 3 is 2.16 bits per heavy atom. The van der Waals surface area contributed by atoms with Crippen molar-refractivity contribution in [1.29, 1.82) is 0 Å². The van der Waals surface area contributed by atoms with Crippen molar-refractivity contribution < 1.29 is 22.8 Å². The lowest BCUT2D eigenvalue weighted by atomic mass is 9.68. The summed E-state index contributed by atoms with van der Waals surface area (Å²) in [6, 6.07) is 24.7. The molecule has 0 aliphatic carbocycles. The standard InChI is InChI=1S/C30H30F3N3O2/c31-30(32,33)25-14-7-9-22(17-25)18-35-19-26(20-35)34-27(37)21-36-16-8-15-29(28(36)38,23-10-3-1-4-11-23)24-12-5-2-6-13-24/h1-7,9-14,17,26H,8,15-16,18-21H2,(H,34,37). The van der Waals surface area contributed by atoms with Gasteiger partial charge in [0.05, 0.1) is 23.6 Å². The first-order valence-electron chi connectivity index (χ1n) is 12.8. The van der Waals surface area contributed by atoms with Gasteiger partial charge in [-0.15, -0.1) is 0 Å². The van der Waals surface area contributed by atoms with Crippen molar-refractivity contribution in [3.8, 4) is 0 Å². The van der Waals surface area contributed by atoms with E-state index in [0.717, 1.165) is 23.6 Å². The predicted octanol–water partition coefficient (Wildman–Crippen LogP) is 4.61. The van der Waals surface area contributed by atoms with Gasteiger partial charge >= 0.3 is 6.18 Å². The third-order valence-electron chi connectivity index (χ3n) is 7.48. The number of alkyl halides is 3. The molecule has 0 aromatic heterocycles. The van der Waals surface area contributed by atoms with Crippen molar-refractivity contribution in [2.75, 3.05) is 26.2 Å². The Bertz CT molecular complexity index is 1240. The largest absolute Gasteiger partial charge is 0.416 e. The predicted molar refractivity (Wildman–Crippen MR) is 138 cm³/mol. The zero-order valence-corrected chi connectivity index (χ0v) is 21.0. The van der Waals surface area contributed by atoms with Gasteiger partial charge in [-0.1, -0.05) is 78.9 Å². The molecule has 0 unspecified atom stereocenters. The van der Waals surface area contributed by atoms with Crippen LogP contribution in [0.2, 0.25) is 0 Å². The molecule has 38 heavy (non-hydrogen) atoms. The summed E-state index contributed by atoms with van der Waals surface area (Å²) >= 11 is 0. The van der Waals surface area contributed by atoms with Crippen molar-refractivity contribution in [1.82, 2.24) is 15.1 Å². The molecule has 3 aromatic carbocycles. The van der Waals surface area contributed by atoms with Gasteiger partial charge in [-0.3, -0.25) is 14.5 Å². The highest BCUT2D eigenvalue weighted by Gasteiger charge is 2.47. The van der Waals surface area contributed by atoms with E-state index in [0.29, 0.717) is 38.2 Å². The van der Waals surface area contributed by atoms with Gasteiger partial charge in [-0.2, -0.15) is 13.2 Å². The molecular formula is C30H30F3N3O2. The Hall–Kier alpha value is -3.65. The summed E-state index contributed by atoms with van der Waals surface area (Å²) in [6.45, 7) is 1.98. The SMILES string of the molecule is O=C(CN1CCCC(c2ccccc2)(c2ccccc2)C1=O)NC1CN(Cc2cccc(C(F)(F)F)c2)C1. The van der Waals surface area contributed by atoms with E-state index in [9.17, 15) is 22.8 Å². The fourth-order valence-corrected chi connectivity index (χ4v) is 5.65. The van der Waals surface area contributed by atoms with Crippen LogP contribution in [-0.2, 0) is 27.7 Å². The summed E-state index contributed by atoms with van der Waals surface area (Å²) in [4.78, 5) is 30.5. The Labute approximate surface area is 220 Å². The van der Waals surface area contributed by atoms with E-state index in [4.69, 9.17) is 0 Å². The highest BCUT2D eigenvalue weighted by molar-refractivity contribution is 5.95. The topological polar surface area (TPSA) is 52.7 Å². The van der Waals surface area contributed by atoms with Gasteiger partial charge in [0.2, 0.25) is 11.8 Å². The van der Waals surface area contributed by atoms with Crippen LogP contribution in [0.4, 0.5) is 13.2 Å². The molecule has 0 radical (unpaired) electrons. The van der Waals surface area contributed by atoms with E-state index in [2.05, 4.69) is 5.32 Å². The summed E-state index contributed by atoms with van der Waals surface area (Å²) in [5.74, 6) is -0.296. The number of likely N-dealkylation sites (tertiary alicyclic amines) is 2. The summed E-state index contributed by atoms with van der Waals surface area (Å²) < 4.78 is 38.9. The molecule has 2 saturated heterocycles. The number of carbonyl (C=O) groups is 2. The molecule has 8 heteroatoms. The smallest absolute Gasteiger partial charge is 0.349 e. The Morgan fingerprint density at radius 2 is 1.55 bits per heavy atom. The van der Waals surface area contributed by atoms with E-state index in [-0.39, 0.29) is 24.4 Å². The van der Waals surface area contributed by atoms with E-state index >= 15 is 0 Å². The summed E-state index contributed by atoms with van der Waals surface area (Å²) in [6.07, 6.45) is -2.92. The minimum atomic E-state index is -4.37. The van der Waals surface area contributed by atoms with Gasteiger partial charge in [0.1, 0.15) is 0 Å². The lowest BCUT2D eigenvalue weighted by molar-refractivity contribution is -0.143. The van der Waals surface area contributed by atoms with Crippen molar-refractivity contribution in [3.63, 3.8) is 0 Å². The molecule has 2 amide bonds. The minimum absolute atomic E-state index is 0.0234. The number of benzene rings is 3. The summed E-state index contributed by atoms with van der Waals surface area (Å²) in [5, 5.41) is 2.99. The number of nitrogens with one attached hydrogen (secondary N) is 1.